The average molecular weight is 275 g/mol. The molecule has 0 fully saturated rings. The fourth-order valence-electron chi connectivity index (χ4n) is 1.89. The number of hydrogen-bond acceptors (Lipinski definition) is 4. The van der Waals surface area contributed by atoms with E-state index in [9.17, 15) is 4.79 Å². The number of benzene rings is 1. The highest BCUT2D eigenvalue weighted by Crippen LogP contribution is 2.23. The lowest BCUT2D eigenvalue weighted by atomic mass is 10.1. The molecule has 0 aliphatic rings. The molecule has 1 aromatic carbocycles. The van der Waals surface area contributed by atoms with Gasteiger partial charge in [-0.25, -0.2) is 4.98 Å². The first-order valence-corrected chi connectivity index (χ1v) is 6.99. The van der Waals surface area contributed by atoms with Crippen LogP contribution in [0.5, 0.6) is 0 Å². The first-order valence-electron chi connectivity index (χ1n) is 6.11. The summed E-state index contributed by atoms with van der Waals surface area (Å²) < 4.78 is 0. The standard InChI is InChI=1S/C14H17N3OS/c1-9(13-8-19-10(2)17-13)16-12-6-4-3-5-11(12)7-14(15)18/h3-6,8-9,16H,7H2,1-2H3,(H2,15,18). The smallest absolute Gasteiger partial charge is 0.221 e. The number of rotatable bonds is 5. The molecule has 0 saturated carbocycles. The molecule has 0 radical (unpaired) electrons. The van der Waals surface area contributed by atoms with Crippen LogP contribution in [0.1, 0.15) is 29.2 Å². The van der Waals surface area contributed by atoms with Gasteiger partial charge in [0.05, 0.1) is 23.2 Å². The fourth-order valence-corrected chi connectivity index (χ4v) is 2.60. The maximum absolute atomic E-state index is 11.1. The normalized spacial score (nSPS) is 12.1. The summed E-state index contributed by atoms with van der Waals surface area (Å²) in [6.07, 6.45) is 0.242. The van der Waals surface area contributed by atoms with Crippen LogP contribution in [0, 0.1) is 6.92 Å². The van der Waals surface area contributed by atoms with Gasteiger partial charge >= 0.3 is 0 Å². The first kappa shape index (κ1) is 13.5. The van der Waals surface area contributed by atoms with Crippen molar-refractivity contribution in [2.45, 2.75) is 26.3 Å². The predicted molar refractivity (Wildman–Crippen MR) is 78.2 cm³/mol. The van der Waals surface area contributed by atoms with Crippen LogP contribution in [0.3, 0.4) is 0 Å². The summed E-state index contributed by atoms with van der Waals surface area (Å²) in [7, 11) is 0. The topological polar surface area (TPSA) is 68.0 Å². The lowest BCUT2D eigenvalue weighted by Crippen LogP contribution is -2.16. The van der Waals surface area contributed by atoms with E-state index in [1.165, 1.54) is 0 Å². The quantitative estimate of drug-likeness (QED) is 0.881. The Bertz CT molecular complexity index is 580. The van der Waals surface area contributed by atoms with Crippen LogP contribution in [0.2, 0.25) is 0 Å². The van der Waals surface area contributed by atoms with E-state index in [1.807, 2.05) is 36.6 Å². The molecule has 0 aliphatic heterocycles. The van der Waals surface area contributed by atoms with Crippen LogP contribution in [-0.4, -0.2) is 10.9 Å². The zero-order valence-corrected chi connectivity index (χ0v) is 11.8. The van der Waals surface area contributed by atoms with Crippen molar-refractivity contribution in [1.29, 1.82) is 0 Å². The summed E-state index contributed by atoms with van der Waals surface area (Å²) in [5, 5.41) is 6.48. The number of primary amides is 1. The van der Waals surface area contributed by atoms with Gasteiger partial charge in [-0.2, -0.15) is 0 Å². The average Bonchev–Trinajstić information content (AvgIpc) is 2.78. The van der Waals surface area contributed by atoms with Crippen molar-refractivity contribution in [2.75, 3.05) is 5.32 Å². The van der Waals surface area contributed by atoms with E-state index in [0.717, 1.165) is 22.0 Å². The lowest BCUT2D eigenvalue weighted by molar-refractivity contribution is -0.117. The highest BCUT2D eigenvalue weighted by Gasteiger charge is 2.11. The van der Waals surface area contributed by atoms with Gasteiger partial charge in [0.2, 0.25) is 5.91 Å². The molecule has 4 nitrogen and oxygen atoms in total. The number of carbonyl (C=O) groups is 1. The fraction of sp³-hybridized carbons (Fsp3) is 0.286. The molecule has 1 heterocycles. The number of nitrogens with zero attached hydrogens (tertiary/aromatic N) is 1. The van der Waals surface area contributed by atoms with Crippen molar-refractivity contribution in [2.24, 2.45) is 5.73 Å². The van der Waals surface area contributed by atoms with Crippen LogP contribution in [-0.2, 0) is 11.2 Å². The Morgan fingerprint density at radius 1 is 1.47 bits per heavy atom. The number of amides is 1. The molecule has 2 aromatic rings. The summed E-state index contributed by atoms with van der Waals surface area (Å²) in [4.78, 5) is 15.5. The third kappa shape index (κ3) is 3.54. The zero-order valence-electron chi connectivity index (χ0n) is 11.0. The summed E-state index contributed by atoms with van der Waals surface area (Å²) in [6, 6.07) is 7.80. The molecule has 1 amide bonds. The number of thiazole rings is 1. The number of para-hydroxylation sites is 1. The highest BCUT2D eigenvalue weighted by atomic mass is 32.1. The van der Waals surface area contributed by atoms with Crippen molar-refractivity contribution in [3.05, 3.63) is 45.9 Å². The second kappa shape index (κ2) is 5.84. The Hall–Kier alpha value is -1.88. The molecule has 2 rings (SSSR count). The van der Waals surface area contributed by atoms with Crippen molar-refractivity contribution < 1.29 is 4.79 Å². The Balaban J connectivity index is 2.16. The van der Waals surface area contributed by atoms with Gasteiger partial charge in [-0.3, -0.25) is 4.79 Å². The van der Waals surface area contributed by atoms with E-state index in [1.54, 1.807) is 11.3 Å². The minimum atomic E-state index is -0.327. The molecular weight excluding hydrogens is 258 g/mol. The molecular formula is C14H17N3OS. The maximum Gasteiger partial charge on any atom is 0.221 e. The van der Waals surface area contributed by atoms with E-state index >= 15 is 0 Å². The van der Waals surface area contributed by atoms with Crippen molar-refractivity contribution in [3.63, 3.8) is 0 Å². The minimum Gasteiger partial charge on any atom is -0.377 e. The molecule has 1 aromatic heterocycles. The molecule has 0 aliphatic carbocycles. The summed E-state index contributed by atoms with van der Waals surface area (Å²) in [6.45, 7) is 4.04. The molecule has 3 N–H and O–H groups in total. The third-order valence-corrected chi connectivity index (χ3v) is 3.63. The van der Waals surface area contributed by atoms with Gasteiger partial charge in [0.15, 0.2) is 0 Å². The van der Waals surface area contributed by atoms with E-state index in [-0.39, 0.29) is 18.4 Å². The third-order valence-electron chi connectivity index (χ3n) is 2.83. The molecule has 1 unspecified atom stereocenters. The number of carbonyl (C=O) groups excluding carboxylic acids is 1. The van der Waals surface area contributed by atoms with Gasteiger partial charge in [-0.15, -0.1) is 11.3 Å². The van der Waals surface area contributed by atoms with Gasteiger partial charge in [0, 0.05) is 11.1 Å². The van der Waals surface area contributed by atoms with Gasteiger partial charge in [0.25, 0.3) is 0 Å². The second-order valence-electron chi connectivity index (χ2n) is 4.46. The molecule has 0 bridgehead atoms. The van der Waals surface area contributed by atoms with Crippen molar-refractivity contribution in [1.82, 2.24) is 4.98 Å². The number of hydrogen-bond donors (Lipinski definition) is 2. The number of aryl methyl sites for hydroxylation is 1. The number of nitrogens with one attached hydrogen (secondary N) is 1. The van der Waals surface area contributed by atoms with Gasteiger partial charge < -0.3 is 11.1 Å². The lowest BCUT2D eigenvalue weighted by Gasteiger charge is -2.16. The zero-order chi connectivity index (χ0) is 13.8. The van der Waals surface area contributed by atoms with Crippen LogP contribution in [0.15, 0.2) is 29.6 Å². The Labute approximate surface area is 116 Å². The molecule has 100 valence electrons. The molecule has 0 spiro atoms. The molecule has 19 heavy (non-hydrogen) atoms. The van der Waals surface area contributed by atoms with Crippen molar-refractivity contribution in [3.8, 4) is 0 Å². The number of aromatic nitrogens is 1. The summed E-state index contributed by atoms with van der Waals surface area (Å²) in [5.74, 6) is -0.327. The van der Waals surface area contributed by atoms with E-state index in [0.29, 0.717) is 0 Å². The van der Waals surface area contributed by atoms with Crippen molar-refractivity contribution >= 4 is 22.9 Å². The highest BCUT2D eigenvalue weighted by molar-refractivity contribution is 7.09. The maximum atomic E-state index is 11.1. The Morgan fingerprint density at radius 3 is 2.84 bits per heavy atom. The van der Waals surface area contributed by atoms with E-state index in [4.69, 9.17) is 5.73 Å². The summed E-state index contributed by atoms with van der Waals surface area (Å²) in [5.41, 5.74) is 8.11. The summed E-state index contributed by atoms with van der Waals surface area (Å²) >= 11 is 1.63. The van der Waals surface area contributed by atoms with Crippen LogP contribution in [0.25, 0.3) is 0 Å². The second-order valence-corrected chi connectivity index (χ2v) is 5.52. The van der Waals surface area contributed by atoms with Crippen LogP contribution in [0.4, 0.5) is 5.69 Å². The number of anilines is 1. The van der Waals surface area contributed by atoms with Gasteiger partial charge in [0.1, 0.15) is 0 Å². The van der Waals surface area contributed by atoms with E-state index < -0.39 is 0 Å². The Kier molecular flexibility index (Phi) is 4.16. The van der Waals surface area contributed by atoms with Gasteiger partial charge in [-0.05, 0) is 25.5 Å². The van der Waals surface area contributed by atoms with Crippen LogP contribution >= 0.6 is 11.3 Å². The predicted octanol–water partition coefficient (Wildman–Crippen LogP) is 2.65. The van der Waals surface area contributed by atoms with Gasteiger partial charge in [-0.1, -0.05) is 18.2 Å². The SMILES string of the molecule is Cc1nc(C(C)Nc2ccccc2CC(N)=O)cs1. The Morgan fingerprint density at radius 2 is 2.21 bits per heavy atom. The molecule has 5 heteroatoms. The first-order chi connectivity index (χ1) is 9.06. The molecule has 0 saturated heterocycles. The minimum absolute atomic E-state index is 0.0963. The number of nitrogens with two attached hydrogens (primary N) is 1. The monoisotopic (exact) mass is 275 g/mol. The molecule has 1 atom stereocenters. The van der Waals surface area contributed by atoms with E-state index in [2.05, 4.69) is 17.2 Å². The van der Waals surface area contributed by atoms with Crippen LogP contribution < -0.4 is 11.1 Å². The largest absolute Gasteiger partial charge is 0.377 e.